The predicted octanol–water partition coefficient (Wildman–Crippen LogP) is 4.41. The van der Waals surface area contributed by atoms with E-state index in [-0.39, 0.29) is 24.4 Å². The Morgan fingerprint density at radius 2 is 1.81 bits per heavy atom. The first-order valence-corrected chi connectivity index (χ1v) is 9.52. The number of hydrogen-bond acceptors (Lipinski definition) is 2. The molecule has 0 radical (unpaired) electrons. The van der Waals surface area contributed by atoms with Gasteiger partial charge in [-0.25, -0.2) is 9.18 Å². The van der Waals surface area contributed by atoms with E-state index >= 15 is 0 Å². The van der Waals surface area contributed by atoms with E-state index in [2.05, 4.69) is 16.3 Å². The lowest BCUT2D eigenvalue weighted by molar-refractivity contribution is 0.191. The van der Waals surface area contributed by atoms with E-state index < -0.39 is 0 Å². The third-order valence-electron chi connectivity index (χ3n) is 4.67. The number of benzene rings is 2. The van der Waals surface area contributed by atoms with Gasteiger partial charge in [0.05, 0.1) is 6.54 Å². The molecule has 0 atom stereocenters. The van der Waals surface area contributed by atoms with Crippen LogP contribution in [0, 0.1) is 5.82 Å². The first-order valence-electron chi connectivity index (χ1n) is 9.14. The van der Waals surface area contributed by atoms with E-state index in [9.17, 15) is 9.18 Å². The molecular formula is C21H25ClFN3O. The van der Waals surface area contributed by atoms with Gasteiger partial charge in [-0.3, -0.25) is 0 Å². The van der Waals surface area contributed by atoms with Crippen LogP contribution in [0.2, 0.25) is 5.02 Å². The molecule has 0 aromatic heterocycles. The van der Waals surface area contributed by atoms with Gasteiger partial charge in [-0.1, -0.05) is 41.9 Å². The molecule has 3 rings (SSSR count). The van der Waals surface area contributed by atoms with E-state index in [1.807, 2.05) is 32.3 Å². The maximum absolute atomic E-state index is 14.1. The normalized spacial score (nSPS) is 13.7. The number of nitrogens with zero attached hydrogens (tertiary/aromatic N) is 2. The summed E-state index contributed by atoms with van der Waals surface area (Å²) >= 11 is 6.14. The Morgan fingerprint density at radius 1 is 1.11 bits per heavy atom. The molecule has 6 heteroatoms. The lowest BCUT2D eigenvalue weighted by Gasteiger charge is -2.24. The Kier molecular flexibility index (Phi) is 6.34. The molecule has 4 nitrogen and oxygen atoms in total. The molecule has 0 heterocycles. The summed E-state index contributed by atoms with van der Waals surface area (Å²) in [7, 11) is 4.03. The monoisotopic (exact) mass is 389 g/mol. The van der Waals surface area contributed by atoms with Crippen molar-refractivity contribution >= 4 is 17.6 Å². The Labute approximate surface area is 164 Å². The molecule has 1 fully saturated rings. The van der Waals surface area contributed by atoms with Gasteiger partial charge in [-0.2, -0.15) is 0 Å². The zero-order valence-electron chi connectivity index (χ0n) is 15.7. The summed E-state index contributed by atoms with van der Waals surface area (Å²) < 4.78 is 14.1. The van der Waals surface area contributed by atoms with Gasteiger partial charge in [-0.15, -0.1) is 0 Å². The standard InChI is InChI=1S/C21H25ClFN3O/c1-25(2)13-16-7-4-3-6-15(16)12-24-21(27)26(17-10-11-17)14-18-19(22)8-5-9-20(18)23/h3-9,17H,10-14H2,1-2H3,(H,24,27). The number of hydrogen-bond donors (Lipinski definition) is 1. The van der Waals surface area contributed by atoms with Crippen molar-refractivity contribution in [2.45, 2.75) is 38.5 Å². The van der Waals surface area contributed by atoms with E-state index in [1.165, 1.54) is 11.6 Å². The third-order valence-corrected chi connectivity index (χ3v) is 5.03. The van der Waals surface area contributed by atoms with Crippen LogP contribution in [-0.4, -0.2) is 36.0 Å². The topological polar surface area (TPSA) is 35.6 Å². The highest BCUT2D eigenvalue weighted by Crippen LogP contribution is 2.30. The van der Waals surface area contributed by atoms with Gasteiger partial charge in [0.15, 0.2) is 0 Å². The van der Waals surface area contributed by atoms with Crippen molar-refractivity contribution in [1.82, 2.24) is 15.1 Å². The maximum Gasteiger partial charge on any atom is 0.318 e. The summed E-state index contributed by atoms with van der Waals surface area (Å²) in [5, 5.41) is 3.35. The highest BCUT2D eigenvalue weighted by molar-refractivity contribution is 6.31. The average Bonchev–Trinajstić information content (AvgIpc) is 3.45. The minimum absolute atomic E-state index is 0.151. The van der Waals surface area contributed by atoms with Crippen molar-refractivity contribution in [2.75, 3.05) is 14.1 Å². The van der Waals surface area contributed by atoms with Crippen molar-refractivity contribution in [3.05, 3.63) is 70.0 Å². The van der Waals surface area contributed by atoms with Crippen LogP contribution in [0.15, 0.2) is 42.5 Å². The van der Waals surface area contributed by atoms with E-state index in [0.29, 0.717) is 17.1 Å². The molecule has 2 amide bonds. The van der Waals surface area contributed by atoms with Crippen LogP contribution >= 0.6 is 11.6 Å². The van der Waals surface area contributed by atoms with Crippen molar-refractivity contribution in [1.29, 1.82) is 0 Å². The molecule has 0 unspecified atom stereocenters. The van der Waals surface area contributed by atoms with Crippen LogP contribution < -0.4 is 5.32 Å². The van der Waals surface area contributed by atoms with Crippen LogP contribution in [0.3, 0.4) is 0 Å². The largest absolute Gasteiger partial charge is 0.334 e. The van der Waals surface area contributed by atoms with Crippen molar-refractivity contribution in [3.8, 4) is 0 Å². The Morgan fingerprint density at radius 3 is 2.44 bits per heavy atom. The number of rotatable bonds is 7. The molecule has 0 spiro atoms. The second-order valence-corrected chi connectivity index (χ2v) is 7.63. The number of carbonyl (C=O) groups is 1. The molecule has 1 aliphatic rings. The minimum Gasteiger partial charge on any atom is -0.334 e. The van der Waals surface area contributed by atoms with Gasteiger partial charge in [-0.05, 0) is 50.2 Å². The second-order valence-electron chi connectivity index (χ2n) is 7.22. The first kappa shape index (κ1) is 19.6. The van der Waals surface area contributed by atoms with Crippen molar-refractivity contribution < 1.29 is 9.18 Å². The van der Waals surface area contributed by atoms with Crippen LogP contribution in [0.5, 0.6) is 0 Å². The Hall–Kier alpha value is -2.11. The van der Waals surface area contributed by atoms with E-state index in [4.69, 9.17) is 11.6 Å². The van der Waals surface area contributed by atoms with Crippen LogP contribution in [0.4, 0.5) is 9.18 Å². The molecule has 0 bridgehead atoms. The van der Waals surface area contributed by atoms with E-state index in [0.717, 1.165) is 24.9 Å². The summed E-state index contributed by atoms with van der Waals surface area (Å²) in [6, 6.07) is 12.6. The highest BCUT2D eigenvalue weighted by Gasteiger charge is 2.33. The number of carbonyl (C=O) groups excluding carboxylic acids is 1. The maximum atomic E-state index is 14.1. The molecule has 0 aliphatic heterocycles. The average molecular weight is 390 g/mol. The quantitative estimate of drug-likeness (QED) is 0.761. The number of amides is 2. The molecule has 1 saturated carbocycles. The Balaban J connectivity index is 1.69. The predicted molar refractivity (Wildman–Crippen MR) is 106 cm³/mol. The fourth-order valence-electron chi connectivity index (χ4n) is 3.10. The van der Waals surface area contributed by atoms with Gasteiger partial charge < -0.3 is 15.1 Å². The number of urea groups is 1. The van der Waals surface area contributed by atoms with Crippen molar-refractivity contribution in [3.63, 3.8) is 0 Å². The first-order chi connectivity index (χ1) is 13.0. The molecular weight excluding hydrogens is 365 g/mol. The summed E-state index contributed by atoms with van der Waals surface area (Å²) in [5.41, 5.74) is 2.63. The lowest BCUT2D eigenvalue weighted by Crippen LogP contribution is -2.41. The van der Waals surface area contributed by atoms with Gasteiger partial charge in [0, 0.05) is 29.7 Å². The Bertz CT molecular complexity index is 788. The lowest BCUT2D eigenvalue weighted by atomic mass is 10.1. The van der Waals surface area contributed by atoms with Crippen LogP contribution in [0.1, 0.15) is 29.5 Å². The number of halogens is 2. The summed E-state index contributed by atoms with van der Waals surface area (Å²) in [5.74, 6) is -0.378. The fourth-order valence-corrected chi connectivity index (χ4v) is 3.33. The smallest absolute Gasteiger partial charge is 0.318 e. The second kappa shape index (κ2) is 8.72. The molecule has 27 heavy (non-hydrogen) atoms. The summed E-state index contributed by atoms with van der Waals surface area (Å²) in [4.78, 5) is 16.6. The van der Waals surface area contributed by atoms with Gasteiger partial charge in [0.25, 0.3) is 0 Å². The van der Waals surface area contributed by atoms with Gasteiger partial charge >= 0.3 is 6.03 Å². The zero-order valence-corrected chi connectivity index (χ0v) is 16.5. The highest BCUT2D eigenvalue weighted by atomic mass is 35.5. The molecule has 2 aromatic rings. The molecule has 2 aromatic carbocycles. The summed E-state index contributed by atoms with van der Waals surface area (Å²) in [6.45, 7) is 1.43. The molecule has 0 saturated heterocycles. The van der Waals surface area contributed by atoms with Crippen molar-refractivity contribution in [2.24, 2.45) is 0 Å². The van der Waals surface area contributed by atoms with Gasteiger partial charge in [0.1, 0.15) is 5.82 Å². The molecule has 1 N–H and O–H groups in total. The van der Waals surface area contributed by atoms with Crippen LogP contribution in [-0.2, 0) is 19.6 Å². The third kappa shape index (κ3) is 5.21. The summed E-state index contributed by atoms with van der Waals surface area (Å²) in [6.07, 6.45) is 1.88. The minimum atomic E-state index is -0.378. The zero-order chi connectivity index (χ0) is 19.4. The molecule has 1 aliphatic carbocycles. The molecule has 144 valence electrons. The fraction of sp³-hybridized carbons (Fsp3) is 0.381. The number of nitrogens with one attached hydrogen (secondary N) is 1. The van der Waals surface area contributed by atoms with E-state index in [1.54, 1.807) is 17.0 Å². The SMILES string of the molecule is CN(C)Cc1ccccc1CNC(=O)N(Cc1c(F)cccc1Cl)C1CC1. The van der Waals surface area contributed by atoms with Gasteiger partial charge in [0.2, 0.25) is 0 Å². The van der Waals surface area contributed by atoms with Crippen LogP contribution in [0.25, 0.3) is 0 Å².